The number of nitrogens with one attached hydrogen (secondary N) is 1. The van der Waals surface area contributed by atoms with Crippen LogP contribution in [-0.2, 0) is 4.79 Å². The van der Waals surface area contributed by atoms with Gasteiger partial charge in [-0.25, -0.2) is 4.79 Å². The monoisotopic (exact) mass is 581 g/mol. The number of H-pyrrole nitrogens is 1. The van der Waals surface area contributed by atoms with Crippen molar-refractivity contribution in [1.82, 2.24) is 25.6 Å². The van der Waals surface area contributed by atoms with E-state index in [1.165, 1.54) is 7.11 Å². The topological polar surface area (TPSA) is 149 Å². The predicted molar refractivity (Wildman–Crippen MR) is 145 cm³/mol. The number of pyridine rings is 1. The Balaban J connectivity index is 0.000000517. The number of hydrogen-bond acceptors (Lipinski definition) is 9. The number of benzene rings is 3. The van der Waals surface area contributed by atoms with Gasteiger partial charge < -0.3 is 19.3 Å². The number of carboxylic acids is 1. The van der Waals surface area contributed by atoms with Crippen LogP contribution in [0.2, 0.25) is 0 Å². The number of rotatable bonds is 8. The Morgan fingerprint density at radius 1 is 1.00 bits per heavy atom. The molecule has 0 spiro atoms. The molecule has 0 atom stereocenters. The number of fused-ring (bicyclic) bond motifs is 2. The van der Waals surface area contributed by atoms with Crippen molar-refractivity contribution in [3.05, 3.63) is 78.6 Å². The van der Waals surface area contributed by atoms with E-state index >= 15 is 0 Å². The third-order valence-corrected chi connectivity index (χ3v) is 5.91. The predicted octanol–water partition coefficient (Wildman–Crippen LogP) is 5.01. The molecule has 11 nitrogen and oxygen atoms in total. The number of aliphatic carboxylic acids is 1. The molecule has 0 aliphatic carbocycles. The molecule has 2 heterocycles. The molecule has 0 bridgehead atoms. The van der Waals surface area contributed by atoms with Crippen LogP contribution >= 0.6 is 0 Å². The van der Waals surface area contributed by atoms with Gasteiger partial charge in [0.2, 0.25) is 11.6 Å². The molecule has 0 amide bonds. The van der Waals surface area contributed by atoms with Gasteiger partial charge in [0.25, 0.3) is 0 Å². The van der Waals surface area contributed by atoms with Crippen LogP contribution in [0.5, 0.6) is 17.2 Å². The van der Waals surface area contributed by atoms with Crippen molar-refractivity contribution in [2.75, 3.05) is 20.8 Å². The van der Waals surface area contributed by atoms with Crippen molar-refractivity contribution in [3.63, 3.8) is 0 Å². The molecule has 0 aliphatic heterocycles. The van der Waals surface area contributed by atoms with E-state index in [2.05, 4.69) is 32.2 Å². The van der Waals surface area contributed by atoms with Gasteiger partial charge in [0.15, 0.2) is 11.5 Å². The second-order valence-corrected chi connectivity index (χ2v) is 8.40. The molecule has 216 valence electrons. The lowest BCUT2D eigenvalue weighted by atomic mass is 9.95. The summed E-state index contributed by atoms with van der Waals surface area (Å²) in [6.45, 7) is 3.97. The van der Waals surface area contributed by atoms with Crippen molar-refractivity contribution < 1.29 is 42.1 Å². The number of methoxy groups -OCH3 is 2. The molecule has 5 rings (SSSR count). The van der Waals surface area contributed by atoms with E-state index in [1.54, 1.807) is 37.6 Å². The summed E-state index contributed by atoms with van der Waals surface area (Å²) in [7, 11) is 3.08. The Labute approximate surface area is 235 Å². The summed E-state index contributed by atoms with van der Waals surface area (Å²) in [5.41, 5.74) is 1.24. The van der Waals surface area contributed by atoms with Gasteiger partial charge in [-0.05, 0) is 34.2 Å². The first kappa shape index (κ1) is 29.5. The van der Waals surface area contributed by atoms with E-state index in [4.69, 9.17) is 24.1 Å². The second kappa shape index (κ2) is 12.3. The van der Waals surface area contributed by atoms with E-state index in [0.717, 1.165) is 10.8 Å². The molecule has 0 fully saturated rings. The number of aromatic amines is 1. The molecule has 42 heavy (non-hydrogen) atoms. The molecule has 5 aromatic rings. The smallest absolute Gasteiger partial charge is 0.490 e. The van der Waals surface area contributed by atoms with E-state index in [-0.39, 0.29) is 18.1 Å². The Morgan fingerprint density at radius 2 is 1.67 bits per heavy atom. The molecular formula is C28H22F3N5O6. The minimum atomic E-state index is -5.08. The first-order chi connectivity index (χ1) is 20.1. The number of tetrazole rings is 1. The van der Waals surface area contributed by atoms with Crippen molar-refractivity contribution >= 4 is 33.3 Å². The molecule has 0 saturated heterocycles. The number of carbonyl (C=O) groups is 2. The quantitative estimate of drug-likeness (QED) is 0.189. The number of alkyl halides is 3. The van der Waals surface area contributed by atoms with E-state index in [0.29, 0.717) is 45.0 Å². The number of hydrogen-bond donors (Lipinski definition) is 2. The standard InChI is InChI=1S/C26H21N5O4.C2HF3O2/c1-4-11-35-20-10-9-15-7-5-6-8-16(15)23(20)25(32)24-18-13-22(34-3)21(33-2)12-17(18)19(14-27-24)26-28-30-31-29-26;3-2(4,5)1(6)7/h4-10,12-14H,1,11H2,2-3H3,(H,28,29,30,31);(H,6,7). The highest BCUT2D eigenvalue weighted by Crippen LogP contribution is 2.39. The van der Waals surface area contributed by atoms with Crippen LogP contribution in [0.4, 0.5) is 13.2 Å². The molecule has 14 heteroatoms. The van der Waals surface area contributed by atoms with Crippen LogP contribution in [0.25, 0.3) is 32.9 Å². The zero-order valence-corrected chi connectivity index (χ0v) is 22.1. The maximum Gasteiger partial charge on any atom is 0.490 e. The van der Waals surface area contributed by atoms with Crippen LogP contribution in [0, 0.1) is 0 Å². The minimum absolute atomic E-state index is 0.230. The summed E-state index contributed by atoms with van der Waals surface area (Å²) < 4.78 is 48.6. The van der Waals surface area contributed by atoms with Gasteiger partial charge in [0.05, 0.1) is 19.8 Å². The Hall–Kier alpha value is -5.53. The zero-order valence-electron chi connectivity index (χ0n) is 22.1. The fourth-order valence-electron chi connectivity index (χ4n) is 4.07. The van der Waals surface area contributed by atoms with Crippen molar-refractivity contribution in [2.45, 2.75) is 6.18 Å². The second-order valence-electron chi connectivity index (χ2n) is 8.40. The number of carboxylic acid groups (broad SMARTS) is 1. The summed E-state index contributed by atoms with van der Waals surface area (Å²) in [5.74, 6) is -1.30. The van der Waals surface area contributed by atoms with Gasteiger partial charge in [0, 0.05) is 22.5 Å². The Kier molecular flexibility index (Phi) is 8.64. The third kappa shape index (κ3) is 5.96. The molecule has 2 aromatic heterocycles. The van der Waals surface area contributed by atoms with E-state index < -0.39 is 12.1 Å². The average molecular weight is 582 g/mol. The van der Waals surface area contributed by atoms with Crippen LogP contribution in [0.3, 0.4) is 0 Å². The van der Waals surface area contributed by atoms with Crippen molar-refractivity contribution in [2.24, 2.45) is 0 Å². The van der Waals surface area contributed by atoms with Crippen LogP contribution < -0.4 is 14.2 Å². The molecule has 0 aliphatic rings. The average Bonchev–Trinajstić information content (AvgIpc) is 3.52. The van der Waals surface area contributed by atoms with Crippen molar-refractivity contribution in [3.8, 4) is 28.6 Å². The first-order valence-corrected chi connectivity index (χ1v) is 12.0. The fraction of sp³-hybridized carbons (Fsp3) is 0.143. The molecule has 2 N–H and O–H groups in total. The molecule has 0 unspecified atom stereocenters. The molecular weight excluding hydrogens is 559 g/mol. The Morgan fingerprint density at radius 3 is 2.26 bits per heavy atom. The first-order valence-electron chi connectivity index (χ1n) is 12.0. The number of halogens is 3. The summed E-state index contributed by atoms with van der Waals surface area (Å²) in [6, 6.07) is 14.9. The summed E-state index contributed by atoms with van der Waals surface area (Å²) >= 11 is 0. The van der Waals surface area contributed by atoms with Gasteiger partial charge in [-0.2, -0.15) is 18.4 Å². The fourth-order valence-corrected chi connectivity index (χ4v) is 4.07. The lowest BCUT2D eigenvalue weighted by molar-refractivity contribution is -0.192. The lowest BCUT2D eigenvalue weighted by Crippen LogP contribution is -2.21. The maximum atomic E-state index is 14.1. The largest absolute Gasteiger partial charge is 0.493 e. The number of nitrogens with zero attached hydrogens (tertiary/aromatic N) is 4. The molecule has 3 aromatic carbocycles. The van der Waals surface area contributed by atoms with Gasteiger partial charge in [-0.1, -0.05) is 43.0 Å². The molecule has 0 radical (unpaired) electrons. The van der Waals surface area contributed by atoms with Crippen LogP contribution in [-0.4, -0.2) is 69.5 Å². The summed E-state index contributed by atoms with van der Waals surface area (Å²) in [5, 5.41) is 24.3. The summed E-state index contributed by atoms with van der Waals surface area (Å²) in [4.78, 5) is 27.6. The van der Waals surface area contributed by atoms with Gasteiger partial charge in [0.1, 0.15) is 18.1 Å². The number of ether oxygens (including phenoxy) is 3. The van der Waals surface area contributed by atoms with Crippen LogP contribution in [0.15, 0.2) is 67.4 Å². The minimum Gasteiger partial charge on any atom is -0.493 e. The highest BCUT2D eigenvalue weighted by molar-refractivity contribution is 6.22. The third-order valence-electron chi connectivity index (χ3n) is 5.91. The zero-order chi connectivity index (χ0) is 30.4. The van der Waals surface area contributed by atoms with Gasteiger partial charge >= 0.3 is 12.1 Å². The highest BCUT2D eigenvalue weighted by Gasteiger charge is 2.38. The normalized spacial score (nSPS) is 11.0. The van der Waals surface area contributed by atoms with Gasteiger partial charge in [-0.3, -0.25) is 9.78 Å². The van der Waals surface area contributed by atoms with Gasteiger partial charge in [-0.15, -0.1) is 10.2 Å². The lowest BCUT2D eigenvalue weighted by Gasteiger charge is -2.15. The number of carbonyl (C=O) groups excluding carboxylic acids is 1. The van der Waals surface area contributed by atoms with E-state index in [9.17, 15) is 18.0 Å². The maximum absolute atomic E-state index is 14.1. The number of aromatic nitrogens is 5. The van der Waals surface area contributed by atoms with E-state index in [1.807, 2.05) is 30.3 Å². The summed E-state index contributed by atoms with van der Waals surface area (Å²) in [6.07, 6.45) is -1.89. The molecule has 0 saturated carbocycles. The SMILES string of the molecule is C=CCOc1ccc2ccccc2c1C(=O)c1ncc(-c2nn[nH]n2)c2cc(OC)c(OC)cc12.O=C(O)C(F)(F)F. The van der Waals surface area contributed by atoms with Crippen molar-refractivity contribution in [1.29, 1.82) is 0 Å². The number of ketones is 1. The highest BCUT2D eigenvalue weighted by atomic mass is 19.4. The Bertz CT molecular complexity index is 1770. The van der Waals surface area contributed by atoms with Crippen LogP contribution in [0.1, 0.15) is 16.1 Å².